The van der Waals surface area contributed by atoms with Crippen molar-refractivity contribution in [1.29, 1.82) is 0 Å². The number of aliphatic hydroxyl groups is 2. The van der Waals surface area contributed by atoms with Crippen LogP contribution in [0.15, 0.2) is 12.2 Å². The molecule has 0 heterocycles. The minimum Gasteiger partial charge on any atom is -0.394 e. The van der Waals surface area contributed by atoms with Gasteiger partial charge in [0, 0.05) is 6.42 Å². The van der Waals surface area contributed by atoms with E-state index in [-0.39, 0.29) is 12.5 Å². The van der Waals surface area contributed by atoms with Gasteiger partial charge >= 0.3 is 0 Å². The highest BCUT2D eigenvalue weighted by Gasteiger charge is 2.19. The molecule has 0 aliphatic heterocycles. The summed E-state index contributed by atoms with van der Waals surface area (Å²) in [5.74, 6) is -0.0490. The summed E-state index contributed by atoms with van der Waals surface area (Å²) in [6.07, 6.45) is 25.4. The summed E-state index contributed by atoms with van der Waals surface area (Å²) in [7, 11) is 0. The standard InChI is InChI=1S/C27H53NO3/c1-3-5-7-9-11-12-13-14-15-16-17-19-21-23-27(31)28-25(24-29)26(30)22-20-18-10-8-6-4-2/h12-13,25-26,29-30H,3-11,14-24H2,1-2H3,(H,28,31)/b13-12-. The SMILES string of the molecule is CCCCCC/C=C\CCCCCCCC(=O)NC(CO)C(O)CCCCCCCC. The summed E-state index contributed by atoms with van der Waals surface area (Å²) in [6.45, 7) is 4.25. The van der Waals surface area contributed by atoms with Gasteiger partial charge in [-0.3, -0.25) is 4.79 Å². The monoisotopic (exact) mass is 439 g/mol. The third-order valence-electron chi connectivity index (χ3n) is 6.03. The summed E-state index contributed by atoms with van der Waals surface area (Å²) in [5.41, 5.74) is 0. The Kier molecular flexibility index (Phi) is 23.1. The first-order chi connectivity index (χ1) is 15.2. The molecule has 0 saturated carbocycles. The lowest BCUT2D eigenvalue weighted by molar-refractivity contribution is -0.123. The summed E-state index contributed by atoms with van der Waals surface area (Å²) < 4.78 is 0. The zero-order chi connectivity index (χ0) is 23.0. The third kappa shape index (κ3) is 20.8. The van der Waals surface area contributed by atoms with Crippen LogP contribution in [0.2, 0.25) is 0 Å². The molecule has 0 bridgehead atoms. The van der Waals surface area contributed by atoms with E-state index in [0.717, 1.165) is 25.7 Å². The molecular formula is C27H53NO3. The molecule has 3 N–H and O–H groups in total. The van der Waals surface area contributed by atoms with Crippen molar-refractivity contribution in [2.24, 2.45) is 0 Å². The van der Waals surface area contributed by atoms with Crippen LogP contribution in [0.3, 0.4) is 0 Å². The first-order valence-corrected chi connectivity index (χ1v) is 13.4. The average molecular weight is 440 g/mol. The van der Waals surface area contributed by atoms with Crippen LogP contribution in [0.1, 0.15) is 136 Å². The summed E-state index contributed by atoms with van der Waals surface area (Å²) in [6, 6.07) is -0.531. The lowest BCUT2D eigenvalue weighted by Gasteiger charge is -2.22. The Morgan fingerprint density at radius 3 is 1.81 bits per heavy atom. The van der Waals surface area contributed by atoms with Crippen LogP contribution in [0, 0.1) is 0 Å². The number of rotatable bonds is 23. The first kappa shape index (κ1) is 30.1. The molecule has 31 heavy (non-hydrogen) atoms. The highest BCUT2D eigenvalue weighted by atomic mass is 16.3. The normalized spacial score (nSPS) is 13.5. The predicted octanol–water partition coefficient (Wildman–Crippen LogP) is 6.83. The fourth-order valence-electron chi connectivity index (χ4n) is 3.88. The number of unbranched alkanes of at least 4 members (excludes halogenated alkanes) is 14. The van der Waals surface area contributed by atoms with Crippen molar-refractivity contribution in [3.05, 3.63) is 12.2 Å². The zero-order valence-electron chi connectivity index (χ0n) is 20.8. The van der Waals surface area contributed by atoms with E-state index in [1.54, 1.807) is 0 Å². The maximum atomic E-state index is 12.1. The van der Waals surface area contributed by atoms with Crippen molar-refractivity contribution >= 4 is 5.91 Å². The number of carbonyl (C=O) groups excluding carboxylic acids is 1. The number of allylic oxidation sites excluding steroid dienone is 2. The fraction of sp³-hybridized carbons (Fsp3) is 0.889. The molecule has 0 fully saturated rings. The maximum Gasteiger partial charge on any atom is 0.220 e. The number of aliphatic hydroxyl groups excluding tert-OH is 2. The number of hydrogen-bond donors (Lipinski definition) is 3. The topological polar surface area (TPSA) is 69.6 Å². The van der Waals surface area contributed by atoms with Crippen LogP contribution in [0.5, 0.6) is 0 Å². The van der Waals surface area contributed by atoms with Gasteiger partial charge in [-0.25, -0.2) is 0 Å². The van der Waals surface area contributed by atoms with Gasteiger partial charge in [0.1, 0.15) is 0 Å². The molecule has 4 nitrogen and oxygen atoms in total. The molecule has 0 rings (SSSR count). The minimum absolute atomic E-state index is 0.0490. The van der Waals surface area contributed by atoms with Gasteiger partial charge < -0.3 is 15.5 Å². The molecule has 0 aliphatic carbocycles. The van der Waals surface area contributed by atoms with Crippen LogP contribution >= 0.6 is 0 Å². The van der Waals surface area contributed by atoms with Crippen molar-refractivity contribution in [2.75, 3.05) is 6.61 Å². The number of nitrogens with one attached hydrogen (secondary N) is 1. The van der Waals surface area contributed by atoms with Gasteiger partial charge in [-0.15, -0.1) is 0 Å². The van der Waals surface area contributed by atoms with Crippen LogP contribution < -0.4 is 5.32 Å². The van der Waals surface area contributed by atoms with Crippen LogP contribution in [-0.4, -0.2) is 34.9 Å². The van der Waals surface area contributed by atoms with E-state index < -0.39 is 12.1 Å². The highest BCUT2D eigenvalue weighted by Crippen LogP contribution is 2.12. The molecule has 184 valence electrons. The molecule has 1 amide bonds. The van der Waals surface area contributed by atoms with Gasteiger partial charge in [0.15, 0.2) is 0 Å². The minimum atomic E-state index is -0.653. The largest absolute Gasteiger partial charge is 0.394 e. The van der Waals surface area contributed by atoms with E-state index >= 15 is 0 Å². The molecule has 0 aromatic carbocycles. The van der Waals surface area contributed by atoms with E-state index in [4.69, 9.17) is 0 Å². The van der Waals surface area contributed by atoms with E-state index in [0.29, 0.717) is 12.8 Å². The Hall–Kier alpha value is -0.870. The summed E-state index contributed by atoms with van der Waals surface area (Å²) in [5, 5.41) is 22.6. The van der Waals surface area contributed by atoms with Crippen LogP contribution in [0.4, 0.5) is 0 Å². The molecule has 2 atom stereocenters. The van der Waals surface area contributed by atoms with Crippen molar-refractivity contribution < 1.29 is 15.0 Å². The molecule has 0 aliphatic rings. The second-order valence-corrected chi connectivity index (χ2v) is 9.11. The van der Waals surface area contributed by atoms with Gasteiger partial charge in [-0.2, -0.15) is 0 Å². The molecule has 0 spiro atoms. The zero-order valence-corrected chi connectivity index (χ0v) is 20.8. The van der Waals surface area contributed by atoms with Crippen molar-refractivity contribution in [3.63, 3.8) is 0 Å². The quantitative estimate of drug-likeness (QED) is 0.121. The second kappa shape index (κ2) is 23.8. The predicted molar refractivity (Wildman–Crippen MR) is 133 cm³/mol. The number of carbonyl (C=O) groups is 1. The van der Waals surface area contributed by atoms with Gasteiger partial charge in [-0.1, -0.05) is 103 Å². The summed E-state index contributed by atoms with van der Waals surface area (Å²) >= 11 is 0. The molecule has 2 unspecified atom stereocenters. The Bertz CT molecular complexity index is 411. The van der Waals surface area contributed by atoms with Crippen molar-refractivity contribution in [3.8, 4) is 0 Å². The van der Waals surface area contributed by atoms with Gasteiger partial charge in [-0.05, 0) is 38.5 Å². The second-order valence-electron chi connectivity index (χ2n) is 9.11. The lowest BCUT2D eigenvalue weighted by Crippen LogP contribution is -2.45. The Balaban J connectivity index is 3.63. The lowest BCUT2D eigenvalue weighted by atomic mass is 10.0. The van der Waals surface area contributed by atoms with Crippen molar-refractivity contribution in [1.82, 2.24) is 5.32 Å². The van der Waals surface area contributed by atoms with E-state index in [9.17, 15) is 15.0 Å². The van der Waals surface area contributed by atoms with E-state index in [1.807, 2.05) is 0 Å². The van der Waals surface area contributed by atoms with Gasteiger partial charge in [0.25, 0.3) is 0 Å². The molecule has 0 radical (unpaired) electrons. The average Bonchev–Trinajstić information content (AvgIpc) is 2.77. The number of hydrogen-bond acceptors (Lipinski definition) is 3. The number of amides is 1. The highest BCUT2D eigenvalue weighted by molar-refractivity contribution is 5.76. The third-order valence-corrected chi connectivity index (χ3v) is 6.03. The smallest absolute Gasteiger partial charge is 0.220 e. The molecule has 0 aromatic rings. The summed E-state index contributed by atoms with van der Waals surface area (Å²) in [4.78, 5) is 12.1. The molecule has 0 aromatic heterocycles. The van der Waals surface area contributed by atoms with E-state index in [2.05, 4.69) is 31.3 Å². The molecule has 4 heteroatoms. The Labute approximate surface area is 193 Å². The maximum absolute atomic E-state index is 12.1. The van der Waals surface area contributed by atoms with Crippen LogP contribution in [0.25, 0.3) is 0 Å². The Morgan fingerprint density at radius 2 is 1.23 bits per heavy atom. The van der Waals surface area contributed by atoms with Gasteiger partial charge in [0.2, 0.25) is 5.91 Å². The van der Waals surface area contributed by atoms with E-state index in [1.165, 1.54) is 83.5 Å². The molecule has 0 saturated heterocycles. The molecular weight excluding hydrogens is 386 g/mol. The first-order valence-electron chi connectivity index (χ1n) is 13.4. The fourth-order valence-corrected chi connectivity index (χ4v) is 3.88. The van der Waals surface area contributed by atoms with Gasteiger partial charge in [0.05, 0.1) is 18.8 Å². The van der Waals surface area contributed by atoms with Crippen molar-refractivity contribution in [2.45, 2.75) is 148 Å². The Morgan fingerprint density at radius 1 is 0.742 bits per heavy atom. The van der Waals surface area contributed by atoms with Crippen LogP contribution in [-0.2, 0) is 4.79 Å².